The number of rotatable bonds is 6. The van der Waals surface area contributed by atoms with Crippen molar-refractivity contribution in [3.05, 3.63) is 34.9 Å². The quantitative estimate of drug-likeness (QED) is 0.724. The van der Waals surface area contributed by atoms with Gasteiger partial charge in [-0.2, -0.15) is 0 Å². The van der Waals surface area contributed by atoms with E-state index >= 15 is 0 Å². The van der Waals surface area contributed by atoms with E-state index in [0.29, 0.717) is 23.0 Å². The van der Waals surface area contributed by atoms with E-state index in [0.717, 1.165) is 13.0 Å². The van der Waals surface area contributed by atoms with Gasteiger partial charge in [0.05, 0.1) is 11.6 Å². The minimum Gasteiger partial charge on any atom is -0.299 e. The molecule has 0 aromatic heterocycles. The highest BCUT2D eigenvalue weighted by molar-refractivity contribution is 6.34. The Hall–Kier alpha value is -0.860. The predicted octanol–water partition coefficient (Wildman–Crippen LogP) is 3.50. The summed E-state index contributed by atoms with van der Waals surface area (Å²) in [6.45, 7) is 5.71. The molecule has 0 N–H and O–H groups in total. The first-order chi connectivity index (χ1) is 8.04. The molecule has 0 heterocycles. The molecule has 2 nitrogen and oxygen atoms in total. The van der Waals surface area contributed by atoms with Crippen molar-refractivity contribution >= 4 is 17.4 Å². The van der Waals surface area contributed by atoms with Crippen LogP contribution in [-0.4, -0.2) is 30.8 Å². The van der Waals surface area contributed by atoms with E-state index in [-0.39, 0.29) is 5.78 Å². The van der Waals surface area contributed by atoms with Crippen LogP contribution in [0.25, 0.3) is 0 Å². The first kappa shape index (κ1) is 14.2. The maximum absolute atomic E-state index is 12.0. The van der Waals surface area contributed by atoms with E-state index in [1.54, 1.807) is 12.1 Å². The van der Waals surface area contributed by atoms with E-state index in [2.05, 4.69) is 18.7 Å². The molecule has 0 spiro atoms. The van der Waals surface area contributed by atoms with Crippen LogP contribution in [0.5, 0.6) is 0 Å². The first-order valence-electron chi connectivity index (χ1n) is 6.00. The molecule has 3 heteroatoms. The van der Waals surface area contributed by atoms with Crippen LogP contribution < -0.4 is 0 Å². The minimum atomic E-state index is 0.0846. The van der Waals surface area contributed by atoms with Gasteiger partial charge in [-0.05, 0) is 25.1 Å². The van der Waals surface area contributed by atoms with Crippen LogP contribution >= 0.6 is 11.6 Å². The summed E-state index contributed by atoms with van der Waals surface area (Å²) in [6.07, 6.45) is 1.13. The van der Waals surface area contributed by atoms with Crippen molar-refractivity contribution in [3.8, 4) is 0 Å². The first-order valence-corrected chi connectivity index (χ1v) is 6.38. The van der Waals surface area contributed by atoms with Gasteiger partial charge in [0.1, 0.15) is 0 Å². The van der Waals surface area contributed by atoms with Crippen molar-refractivity contribution in [1.82, 2.24) is 4.90 Å². The highest BCUT2D eigenvalue weighted by Crippen LogP contribution is 2.16. The topological polar surface area (TPSA) is 20.3 Å². The lowest BCUT2D eigenvalue weighted by Gasteiger charge is -2.19. The van der Waals surface area contributed by atoms with Gasteiger partial charge < -0.3 is 0 Å². The Morgan fingerprint density at radius 2 is 2.06 bits per heavy atom. The molecule has 1 atom stereocenters. The third-order valence-corrected chi connectivity index (χ3v) is 3.24. The number of benzene rings is 1. The zero-order valence-corrected chi connectivity index (χ0v) is 11.5. The molecule has 17 heavy (non-hydrogen) atoms. The Morgan fingerprint density at radius 1 is 1.41 bits per heavy atom. The van der Waals surface area contributed by atoms with E-state index < -0.39 is 0 Å². The summed E-state index contributed by atoms with van der Waals surface area (Å²) in [4.78, 5) is 14.1. The molecule has 94 valence electrons. The van der Waals surface area contributed by atoms with Crippen molar-refractivity contribution < 1.29 is 4.79 Å². The maximum Gasteiger partial charge on any atom is 0.178 e. The molecule has 0 aliphatic heterocycles. The number of likely N-dealkylation sites (N-methyl/N-ethyl adjacent to an activating group) is 1. The molecule has 0 radical (unpaired) electrons. The Kier molecular flexibility index (Phi) is 5.66. The van der Waals surface area contributed by atoms with Crippen LogP contribution in [0.3, 0.4) is 0 Å². The number of hydrogen-bond acceptors (Lipinski definition) is 2. The highest BCUT2D eigenvalue weighted by Gasteiger charge is 2.13. The van der Waals surface area contributed by atoms with Gasteiger partial charge in [0, 0.05) is 12.1 Å². The van der Waals surface area contributed by atoms with Gasteiger partial charge in [0.15, 0.2) is 5.78 Å². The van der Waals surface area contributed by atoms with Crippen molar-refractivity contribution in [2.75, 3.05) is 20.1 Å². The number of nitrogens with zero attached hydrogens (tertiary/aromatic N) is 1. The minimum absolute atomic E-state index is 0.0846. The van der Waals surface area contributed by atoms with E-state index in [9.17, 15) is 4.79 Å². The average molecular weight is 254 g/mol. The maximum atomic E-state index is 12.0. The monoisotopic (exact) mass is 253 g/mol. The summed E-state index contributed by atoms with van der Waals surface area (Å²) in [6, 6.07) is 7.21. The summed E-state index contributed by atoms with van der Waals surface area (Å²) in [7, 11) is 1.97. The highest BCUT2D eigenvalue weighted by atomic mass is 35.5. The Labute approximate surface area is 109 Å². The fourth-order valence-corrected chi connectivity index (χ4v) is 1.98. The summed E-state index contributed by atoms with van der Waals surface area (Å²) < 4.78 is 0. The number of ketones is 1. The van der Waals surface area contributed by atoms with Crippen molar-refractivity contribution in [1.29, 1.82) is 0 Å². The average Bonchev–Trinajstić information content (AvgIpc) is 2.29. The van der Waals surface area contributed by atoms with Crippen LogP contribution in [0.4, 0.5) is 0 Å². The normalized spacial score (nSPS) is 12.8. The third-order valence-electron chi connectivity index (χ3n) is 2.91. The molecule has 1 aromatic rings. The standard InChI is InChI=1S/C14H20ClNO/c1-4-11(2)9-16(3)10-14(17)12-7-5-6-8-13(12)15/h5-8,11H,4,9-10H2,1-3H3. The summed E-state index contributed by atoms with van der Waals surface area (Å²) in [5.41, 5.74) is 0.616. The molecule has 1 aromatic carbocycles. The van der Waals surface area contributed by atoms with Gasteiger partial charge in [0.25, 0.3) is 0 Å². The molecule has 1 rings (SSSR count). The molecule has 0 saturated carbocycles. The zero-order valence-electron chi connectivity index (χ0n) is 10.7. The van der Waals surface area contributed by atoms with Gasteiger partial charge in [-0.15, -0.1) is 0 Å². The second kappa shape index (κ2) is 6.77. The van der Waals surface area contributed by atoms with Crippen molar-refractivity contribution in [3.63, 3.8) is 0 Å². The van der Waals surface area contributed by atoms with E-state index in [1.807, 2.05) is 19.2 Å². The largest absolute Gasteiger partial charge is 0.299 e. The molecule has 0 aliphatic carbocycles. The van der Waals surface area contributed by atoms with Gasteiger partial charge in [0.2, 0.25) is 0 Å². The second-order valence-electron chi connectivity index (χ2n) is 4.61. The van der Waals surface area contributed by atoms with E-state index in [4.69, 9.17) is 11.6 Å². The number of carbonyl (C=O) groups is 1. The van der Waals surface area contributed by atoms with Gasteiger partial charge >= 0.3 is 0 Å². The molecular formula is C14H20ClNO. The summed E-state index contributed by atoms with van der Waals surface area (Å²) in [5.74, 6) is 0.695. The lowest BCUT2D eigenvalue weighted by molar-refractivity contribution is 0.0939. The second-order valence-corrected chi connectivity index (χ2v) is 5.02. The Morgan fingerprint density at radius 3 is 2.65 bits per heavy atom. The third kappa shape index (κ3) is 4.49. The molecule has 0 amide bonds. The lowest BCUT2D eigenvalue weighted by atomic mass is 10.1. The number of carbonyl (C=O) groups excluding carboxylic acids is 1. The van der Waals surface area contributed by atoms with Crippen molar-refractivity contribution in [2.24, 2.45) is 5.92 Å². The molecule has 1 unspecified atom stereocenters. The lowest BCUT2D eigenvalue weighted by Crippen LogP contribution is -2.30. The summed E-state index contributed by atoms with van der Waals surface area (Å²) >= 11 is 6.00. The zero-order chi connectivity index (χ0) is 12.8. The SMILES string of the molecule is CCC(C)CN(C)CC(=O)c1ccccc1Cl. The van der Waals surface area contributed by atoms with Crippen LogP contribution in [0.2, 0.25) is 5.02 Å². The van der Waals surface area contributed by atoms with E-state index in [1.165, 1.54) is 0 Å². The predicted molar refractivity (Wildman–Crippen MR) is 72.7 cm³/mol. The fourth-order valence-electron chi connectivity index (χ4n) is 1.74. The number of Topliss-reactive ketones (excluding diaryl/α,β-unsaturated/α-hetero) is 1. The molecule has 0 bridgehead atoms. The Balaban J connectivity index is 2.58. The van der Waals surface area contributed by atoms with Crippen LogP contribution in [0.1, 0.15) is 30.6 Å². The molecular weight excluding hydrogens is 234 g/mol. The fraction of sp³-hybridized carbons (Fsp3) is 0.500. The van der Waals surface area contributed by atoms with Crippen LogP contribution in [-0.2, 0) is 0 Å². The van der Waals surface area contributed by atoms with Gasteiger partial charge in [-0.3, -0.25) is 9.69 Å². The van der Waals surface area contributed by atoms with Crippen LogP contribution in [0, 0.1) is 5.92 Å². The molecule has 0 aliphatic rings. The van der Waals surface area contributed by atoms with Crippen molar-refractivity contribution in [2.45, 2.75) is 20.3 Å². The summed E-state index contributed by atoms with van der Waals surface area (Å²) in [5, 5.41) is 0.537. The van der Waals surface area contributed by atoms with Gasteiger partial charge in [-0.25, -0.2) is 0 Å². The van der Waals surface area contributed by atoms with Crippen LogP contribution in [0.15, 0.2) is 24.3 Å². The smallest absolute Gasteiger partial charge is 0.178 e. The van der Waals surface area contributed by atoms with Gasteiger partial charge in [-0.1, -0.05) is 44.0 Å². The molecule has 0 fully saturated rings. The number of halogens is 1. The number of hydrogen-bond donors (Lipinski definition) is 0. The molecule has 0 saturated heterocycles. The Bertz CT molecular complexity index is 378.